The summed E-state index contributed by atoms with van der Waals surface area (Å²) in [7, 11) is 1.68. The highest BCUT2D eigenvalue weighted by Gasteiger charge is 1.99. The third-order valence-corrected chi connectivity index (χ3v) is 2.97. The lowest BCUT2D eigenvalue weighted by Crippen LogP contribution is -1.83. The van der Waals surface area contributed by atoms with Crippen molar-refractivity contribution >= 4 is 16.7 Å². The minimum atomic E-state index is 0.573. The van der Waals surface area contributed by atoms with Crippen LogP contribution in [-0.2, 0) is 0 Å². The number of aromatic nitrogens is 2. The van der Waals surface area contributed by atoms with Gasteiger partial charge in [0.25, 0.3) is 0 Å². The van der Waals surface area contributed by atoms with Gasteiger partial charge in [-0.3, -0.25) is 5.10 Å². The van der Waals surface area contributed by atoms with Crippen molar-refractivity contribution in [3.63, 3.8) is 0 Å². The number of hydrogen-bond acceptors (Lipinski definition) is 3. The number of nitrogens with one attached hydrogen (secondary N) is 1. The van der Waals surface area contributed by atoms with Crippen molar-refractivity contribution in [2.24, 2.45) is 0 Å². The van der Waals surface area contributed by atoms with E-state index in [4.69, 9.17) is 10.5 Å². The summed E-state index contributed by atoms with van der Waals surface area (Å²) >= 11 is 0. The normalized spacial score (nSPS) is 9.95. The van der Waals surface area contributed by atoms with Crippen molar-refractivity contribution in [2.45, 2.75) is 13.8 Å². The molecule has 0 saturated heterocycles. The number of aryl methyl sites for hydroxylation is 2. The first-order valence-electron chi connectivity index (χ1n) is 6.41. The quantitative estimate of drug-likeness (QED) is 0.711. The van der Waals surface area contributed by atoms with Crippen molar-refractivity contribution in [1.29, 1.82) is 0 Å². The first-order chi connectivity index (χ1) is 9.60. The summed E-state index contributed by atoms with van der Waals surface area (Å²) in [5, 5.41) is 7.73. The van der Waals surface area contributed by atoms with Crippen LogP contribution in [0.1, 0.15) is 11.1 Å². The molecule has 104 valence electrons. The minimum Gasteiger partial charge on any atom is -0.497 e. The van der Waals surface area contributed by atoms with Gasteiger partial charge in [0.1, 0.15) is 5.75 Å². The predicted molar refractivity (Wildman–Crippen MR) is 83.0 cm³/mol. The average molecular weight is 269 g/mol. The van der Waals surface area contributed by atoms with E-state index in [-0.39, 0.29) is 0 Å². The molecule has 0 bridgehead atoms. The number of anilines is 1. The zero-order valence-corrected chi connectivity index (χ0v) is 12.0. The average Bonchev–Trinajstić information content (AvgIpc) is 2.81. The Morgan fingerprint density at radius 1 is 1.05 bits per heavy atom. The van der Waals surface area contributed by atoms with E-state index in [0.717, 1.165) is 16.7 Å². The lowest BCUT2D eigenvalue weighted by Gasteiger charge is -1.97. The van der Waals surface area contributed by atoms with Gasteiger partial charge >= 0.3 is 0 Å². The number of aromatic amines is 1. The molecule has 0 unspecified atom stereocenters. The third kappa shape index (κ3) is 3.29. The van der Waals surface area contributed by atoms with Crippen LogP contribution in [0.2, 0.25) is 0 Å². The van der Waals surface area contributed by atoms with Crippen molar-refractivity contribution < 1.29 is 4.74 Å². The molecule has 4 nitrogen and oxygen atoms in total. The topological polar surface area (TPSA) is 63.9 Å². The fourth-order valence-corrected chi connectivity index (χ4v) is 1.89. The maximum Gasteiger partial charge on any atom is 0.153 e. The van der Waals surface area contributed by atoms with Crippen LogP contribution in [0, 0.1) is 13.8 Å². The molecule has 0 spiro atoms. The lowest BCUT2D eigenvalue weighted by molar-refractivity contribution is 0.414. The lowest BCUT2D eigenvalue weighted by atomic mass is 10.2. The number of benzene rings is 2. The molecule has 1 heterocycles. The zero-order chi connectivity index (χ0) is 14.5. The van der Waals surface area contributed by atoms with Crippen molar-refractivity contribution in [2.75, 3.05) is 12.8 Å². The first-order valence-corrected chi connectivity index (χ1v) is 6.41. The summed E-state index contributed by atoms with van der Waals surface area (Å²) in [5.41, 5.74) is 9.03. The Balaban J connectivity index is 0.000000151. The Morgan fingerprint density at radius 2 is 1.80 bits per heavy atom. The standard InChI is InChI=1S/C8H9N3.C8H10O/c1-5-2-3-7-6(4-5)8(9)11-10-7;1-7-4-3-5-8(6-7)9-2/h2-4H,1H3,(H3,9,10,11);3-6H,1-2H3. The first kappa shape index (κ1) is 13.9. The molecule has 3 aromatic rings. The van der Waals surface area contributed by atoms with Crippen LogP contribution in [0.25, 0.3) is 10.9 Å². The van der Waals surface area contributed by atoms with Crippen LogP contribution in [0.5, 0.6) is 5.75 Å². The number of methoxy groups -OCH3 is 1. The van der Waals surface area contributed by atoms with Crippen LogP contribution < -0.4 is 10.5 Å². The number of ether oxygens (including phenoxy) is 1. The van der Waals surface area contributed by atoms with Crippen LogP contribution >= 0.6 is 0 Å². The van der Waals surface area contributed by atoms with E-state index in [1.165, 1.54) is 11.1 Å². The maximum atomic E-state index is 5.60. The Labute approximate surface area is 118 Å². The molecule has 0 aliphatic heterocycles. The van der Waals surface area contributed by atoms with Crippen LogP contribution in [-0.4, -0.2) is 17.3 Å². The molecular formula is C16H19N3O. The monoisotopic (exact) mass is 269 g/mol. The minimum absolute atomic E-state index is 0.573. The van der Waals surface area contributed by atoms with Crippen molar-refractivity contribution in [1.82, 2.24) is 10.2 Å². The van der Waals surface area contributed by atoms with Crippen LogP contribution in [0.4, 0.5) is 5.82 Å². The second kappa shape index (κ2) is 6.10. The van der Waals surface area contributed by atoms with Crippen LogP contribution in [0.3, 0.4) is 0 Å². The second-order valence-corrected chi connectivity index (χ2v) is 4.68. The number of nitrogens with zero attached hydrogens (tertiary/aromatic N) is 1. The molecular weight excluding hydrogens is 250 g/mol. The number of fused-ring (bicyclic) bond motifs is 1. The van der Waals surface area contributed by atoms with Gasteiger partial charge < -0.3 is 10.5 Å². The van der Waals surface area contributed by atoms with E-state index in [0.29, 0.717) is 5.82 Å². The Hall–Kier alpha value is -2.49. The smallest absolute Gasteiger partial charge is 0.153 e. The van der Waals surface area contributed by atoms with E-state index < -0.39 is 0 Å². The second-order valence-electron chi connectivity index (χ2n) is 4.68. The van der Waals surface area contributed by atoms with Gasteiger partial charge in [0, 0.05) is 5.39 Å². The molecule has 2 aromatic carbocycles. The van der Waals surface area contributed by atoms with Gasteiger partial charge in [-0.05, 0) is 43.7 Å². The largest absolute Gasteiger partial charge is 0.497 e. The fourth-order valence-electron chi connectivity index (χ4n) is 1.89. The van der Waals surface area contributed by atoms with Crippen molar-refractivity contribution in [3.05, 3.63) is 53.6 Å². The Kier molecular flexibility index (Phi) is 4.25. The molecule has 3 N–H and O–H groups in total. The number of nitrogen functional groups attached to an aromatic ring is 1. The number of hydrogen-bond donors (Lipinski definition) is 2. The molecule has 3 rings (SSSR count). The summed E-state index contributed by atoms with van der Waals surface area (Å²) in [4.78, 5) is 0. The molecule has 0 radical (unpaired) electrons. The molecule has 0 fully saturated rings. The fraction of sp³-hybridized carbons (Fsp3) is 0.188. The highest BCUT2D eigenvalue weighted by Crippen LogP contribution is 2.18. The molecule has 20 heavy (non-hydrogen) atoms. The maximum absolute atomic E-state index is 5.60. The number of rotatable bonds is 1. The predicted octanol–water partition coefficient (Wildman–Crippen LogP) is 3.46. The molecule has 1 aromatic heterocycles. The molecule has 0 saturated carbocycles. The van der Waals surface area contributed by atoms with Crippen molar-refractivity contribution in [3.8, 4) is 5.75 Å². The SMILES string of the molecule is COc1cccc(C)c1.Cc1ccc2[nH]nc(N)c2c1. The molecule has 0 amide bonds. The van der Waals surface area contributed by atoms with Gasteiger partial charge in [0.2, 0.25) is 0 Å². The molecule has 4 heteroatoms. The van der Waals surface area contributed by atoms with Gasteiger partial charge in [-0.2, -0.15) is 5.10 Å². The summed E-state index contributed by atoms with van der Waals surface area (Å²) in [6, 6.07) is 14.0. The van der Waals surface area contributed by atoms with E-state index in [1.807, 2.05) is 56.3 Å². The van der Waals surface area contributed by atoms with Gasteiger partial charge in [-0.1, -0.05) is 23.8 Å². The van der Waals surface area contributed by atoms with Gasteiger partial charge in [-0.25, -0.2) is 0 Å². The van der Waals surface area contributed by atoms with E-state index in [1.54, 1.807) is 7.11 Å². The third-order valence-electron chi connectivity index (χ3n) is 2.97. The van der Waals surface area contributed by atoms with E-state index in [2.05, 4.69) is 10.2 Å². The Morgan fingerprint density at radius 3 is 2.45 bits per heavy atom. The number of nitrogens with two attached hydrogens (primary N) is 1. The highest BCUT2D eigenvalue weighted by molar-refractivity contribution is 5.88. The van der Waals surface area contributed by atoms with Gasteiger partial charge in [0.15, 0.2) is 5.82 Å². The molecule has 0 aliphatic rings. The van der Waals surface area contributed by atoms with E-state index in [9.17, 15) is 0 Å². The number of H-pyrrole nitrogens is 1. The highest BCUT2D eigenvalue weighted by atomic mass is 16.5. The van der Waals surface area contributed by atoms with Crippen LogP contribution in [0.15, 0.2) is 42.5 Å². The summed E-state index contributed by atoms with van der Waals surface area (Å²) < 4.78 is 5.00. The van der Waals surface area contributed by atoms with E-state index >= 15 is 0 Å². The zero-order valence-electron chi connectivity index (χ0n) is 12.0. The summed E-state index contributed by atoms with van der Waals surface area (Å²) in [6.07, 6.45) is 0. The Bertz CT molecular complexity index is 704. The van der Waals surface area contributed by atoms with Gasteiger partial charge in [-0.15, -0.1) is 0 Å². The van der Waals surface area contributed by atoms with Gasteiger partial charge in [0.05, 0.1) is 12.6 Å². The molecule has 0 atom stereocenters. The summed E-state index contributed by atoms with van der Waals surface area (Å²) in [6.45, 7) is 4.08. The summed E-state index contributed by atoms with van der Waals surface area (Å²) in [5.74, 6) is 1.50. The molecule has 0 aliphatic carbocycles.